The molecular formula is C18H17NO. The van der Waals surface area contributed by atoms with Gasteiger partial charge in [0.2, 0.25) is 0 Å². The zero-order valence-electron chi connectivity index (χ0n) is 11.5. The highest BCUT2D eigenvalue weighted by atomic mass is 16.3. The topological polar surface area (TPSA) is 25.2 Å². The van der Waals surface area contributed by atoms with Crippen molar-refractivity contribution < 1.29 is 4.42 Å². The van der Waals surface area contributed by atoms with Crippen molar-refractivity contribution in [2.45, 2.75) is 18.9 Å². The van der Waals surface area contributed by atoms with Crippen LogP contribution in [0.15, 0.2) is 53.3 Å². The van der Waals surface area contributed by atoms with Crippen molar-refractivity contribution >= 4 is 10.8 Å². The van der Waals surface area contributed by atoms with E-state index in [1.807, 2.05) is 19.4 Å². The SMILES string of the molecule is CNC(c1ccoc1)c1ccc2c3c(cccc13)CC2. The summed E-state index contributed by atoms with van der Waals surface area (Å²) in [7, 11) is 2.00. The Morgan fingerprint density at radius 3 is 2.65 bits per heavy atom. The molecule has 0 saturated heterocycles. The first-order valence-electron chi connectivity index (χ1n) is 7.11. The summed E-state index contributed by atoms with van der Waals surface area (Å²) in [5.41, 5.74) is 5.48. The van der Waals surface area contributed by atoms with Crippen LogP contribution >= 0.6 is 0 Å². The molecule has 2 nitrogen and oxygen atoms in total. The maximum absolute atomic E-state index is 5.25. The highest BCUT2D eigenvalue weighted by Crippen LogP contribution is 2.36. The van der Waals surface area contributed by atoms with E-state index in [1.165, 1.54) is 45.9 Å². The molecule has 0 radical (unpaired) electrons. The number of nitrogens with one attached hydrogen (secondary N) is 1. The Kier molecular flexibility index (Phi) is 2.64. The average Bonchev–Trinajstić information content (AvgIpc) is 3.13. The Hall–Kier alpha value is -2.06. The number of aryl methyl sites for hydroxylation is 2. The Morgan fingerprint density at radius 2 is 1.90 bits per heavy atom. The van der Waals surface area contributed by atoms with Gasteiger partial charge in [-0.3, -0.25) is 0 Å². The fourth-order valence-electron chi connectivity index (χ4n) is 3.46. The standard InChI is InChI=1S/C18H17NO/c1-19-18(14-9-10-20-11-14)16-8-7-13-6-5-12-3-2-4-15(16)17(12)13/h2-4,7-11,18-19H,5-6H2,1H3. The average molecular weight is 263 g/mol. The van der Waals surface area contributed by atoms with Gasteiger partial charge in [-0.2, -0.15) is 0 Å². The van der Waals surface area contributed by atoms with Crippen molar-refractivity contribution in [2.24, 2.45) is 0 Å². The van der Waals surface area contributed by atoms with E-state index < -0.39 is 0 Å². The molecule has 1 N–H and O–H groups in total. The quantitative estimate of drug-likeness (QED) is 0.776. The third-order valence-electron chi connectivity index (χ3n) is 4.39. The molecule has 2 aromatic carbocycles. The second kappa shape index (κ2) is 4.50. The first-order valence-corrected chi connectivity index (χ1v) is 7.11. The predicted octanol–water partition coefficient (Wildman–Crippen LogP) is 3.84. The monoisotopic (exact) mass is 263 g/mol. The van der Waals surface area contributed by atoms with Gasteiger partial charge in [-0.1, -0.05) is 30.3 Å². The van der Waals surface area contributed by atoms with E-state index in [1.54, 1.807) is 6.26 Å². The zero-order chi connectivity index (χ0) is 13.5. The molecule has 0 bridgehead atoms. The van der Waals surface area contributed by atoms with Crippen LogP contribution in [-0.2, 0) is 12.8 Å². The van der Waals surface area contributed by atoms with Gasteiger partial charge in [0.1, 0.15) is 0 Å². The summed E-state index contributed by atoms with van der Waals surface area (Å²) in [4.78, 5) is 0. The molecule has 0 spiro atoms. The van der Waals surface area contributed by atoms with Crippen molar-refractivity contribution in [1.82, 2.24) is 5.32 Å². The van der Waals surface area contributed by atoms with Crippen molar-refractivity contribution in [2.75, 3.05) is 7.05 Å². The normalized spacial score (nSPS) is 14.8. The molecule has 1 aromatic heterocycles. The summed E-state index contributed by atoms with van der Waals surface area (Å²) < 4.78 is 5.25. The third kappa shape index (κ3) is 1.61. The van der Waals surface area contributed by atoms with E-state index in [0.717, 1.165) is 0 Å². The van der Waals surface area contributed by atoms with Gasteiger partial charge in [-0.25, -0.2) is 0 Å². The predicted molar refractivity (Wildman–Crippen MR) is 81.0 cm³/mol. The summed E-state index contributed by atoms with van der Waals surface area (Å²) in [5, 5.41) is 6.25. The number of hydrogen-bond acceptors (Lipinski definition) is 2. The Bertz CT molecular complexity index is 748. The van der Waals surface area contributed by atoms with E-state index in [-0.39, 0.29) is 6.04 Å². The molecule has 3 aromatic rings. The molecule has 0 fully saturated rings. The molecule has 100 valence electrons. The zero-order valence-corrected chi connectivity index (χ0v) is 11.5. The maximum atomic E-state index is 5.25. The highest BCUT2D eigenvalue weighted by Gasteiger charge is 2.20. The lowest BCUT2D eigenvalue weighted by Crippen LogP contribution is -2.17. The van der Waals surface area contributed by atoms with Crippen LogP contribution in [0.1, 0.15) is 28.3 Å². The van der Waals surface area contributed by atoms with Crippen LogP contribution in [0.5, 0.6) is 0 Å². The molecule has 0 amide bonds. The highest BCUT2D eigenvalue weighted by molar-refractivity contribution is 5.93. The summed E-state index contributed by atoms with van der Waals surface area (Å²) in [6.45, 7) is 0. The number of rotatable bonds is 3. The van der Waals surface area contributed by atoms with Gasteiger partial charge in [-0.05, 0) is 53.4 Å². The van der Waals surface area contributed by atoms with Crippen molar-refractivity contribution in [3.8, 4) is 0 Å². The molecular weight excluding hydrogens is 246 g/mol. The van der Waals surface area contributed by atoms with Gasteiger partial charge in [0.25, 0.3) is 0 Å². The van der Waals surface area contributed by atoms with Crippen LogP contribution < -0.4 is 5.32 Å². The summed E-state index contributed by atoms with van der Waals surface area (Å²) in [6, 6.07) is 13.4. The van der Waals surface area contributed by atoms with Gasteiger partial charge in [0, 0.05) is 5.56 Å². The van der Waals surface area contributed by atoms with Gasteiger partial charge < -0.3 is 9.73 Å². The Morgan fingerprint density at radius 1 is 1.05 bits per heavy atom. The summed E-state index contributed by atoms with van der Waals surface area (Å²) in [6.07, 6.45) is 5.91. The molecule has 1 aliphatic rings. The summed E-state index contributed by atoms with van der Waals surface area (Å²) >= 11 is 0. The Balaban J connectivity index is 1.97. The van der Waals surface area contributed by atoms with E-state index in [9.17, 15) is 0 Å². The van der Waals surface area contributed by atoms with Crippen LogP contribution in [0, 0.1) is 0 Å². The number of hydrogen-bond donors (Lipinski definition) is 1. The molecule has 20 heavy (non-hydrogen) atoms. The summed E-state index contributed by atoms with van der Waals surface area (Å²) in [5.74, 6) is 0. The molecule has 1 aliphatic carbocycles. The fourth-order valence-corrected chi connectivity index (χ4v) is 3.46. The lowest BCUT2D eigenvalue weighted by molar-refractivity contribution is 0.557. The second-order valence-corrected chi connectivity index (χ2v) is 5.43. The number of furan rings is 1. The van der Waals surface area contributed by atoms with Crippen molar-refractivity contribution in [3.63, 3.8) is 0 Å². The molecule has 1 heterocycles. The van der Waals surface area contributed by atoms with E-state index >= 15 is 0 Å². The minimum Gasteiger partial charge on any atom is -0.472 e. The van der Waals surface area contributed by atoms with Crippen molar-refractivity contribution in [3.05, 3.63) is 71.2 Å². The lowest BCUT2D eigenvalue weighted by atomic mass is 9.93. The first kappa shape index (κ1) is 11.7. The largest absolute Gasteiger partial charge is 0.472 e. The molecule has 0 aliphatic heterocycles. The Labute approximate surface area is 118 Å². The van der Waals surface area contributed by atoms with Gasteiger partial charge in [0.05, 0.1) is 18.6 Å². The van der Waals surface area contributed by atoms with E-state index in [4.69, 9.17) is 4.42 Å². The minimum atomic E-state index is 0.179. The molecule has 4 rings (SSSR count). The molecule has 1 atom stereocenters. The van der Waals surface area contributed by atoms with Crippen LogP contribution in [0.25, 0.3) is 10.8 Å². The van der Waals surface area contributed by atoms with Crippen LogP contribution in [0.3, 0.4) is 0 Å². The molecule has 1 unspecified atom stereocenters. The lowest BCUT2D eigenvalue weighted by Gasteiger charge is -2.18. The van der Waals surface area contributed by atoms with Gasteiger partial charge in [0.15, 0.2) is 0 Å². The van der Waals surface area contributed by atoms with Crippen LogP contribution in [0.2, 0.25) is 0 Å². The van der Waals surface area contributed by atoms with E-state index in [0.29, 0.717) is 0 Å². The first-order chi connectivity index (χ1) is 9.88. The van der Waals surface area contributed by atoms with Crippen LogP contribution in [-0.4, -0.2) is 7.05 Å². The third-order valence-corrected chi connectivity index (χ3v) is 4.39. The fraction of sp³-hybridized carbons (Fsp3) is 0.222. The smallest absolute Gasteiger partial charge is 0.0953 e. The molecule has 2 heteroatoms. The van der Waals surface area contributed by atoms with Crippen LogP contribution in [0.4, 0.5) is 0 Å². The van der Waals surface area contributed by atoms with Crippen molar-refractivity contribution in [1.29, 1.82) is 0 Å². The second-order valence-electron chi connectivity index (χ2n) is 5.43. The number of benzene rings is 2. The minimum absolute atomic E-state index is 0.179. The van der Waals surface area contributed by atoms with E-state index in [2.05, 4.69) is 35.6 Å². The maximum Gasteiger partial charge on any atom is 0.0953 e. The van der Waals surface area contributed by atoms with Gasteiger partial charge in [-0.15, -0.1) is 0 Å². The van der Waals surface area contributed by atoms with Gasteiger partial charge >= 0.3 is 0 Å². The molecule has 0 saturated carbocycles.